The van der Waals surface area contributed by atoms with Gasteiger partial charge in [0.15, 0.2) is 0 Å². The molecule has 7 nitrogen and oxygen atoms in total. The van der Waals surface area contributed by atoms with Crippen molar-refractivity contribution in [2.45, 2.75) is 44.8 Å². The van der Waals surface area contributed by atoms with Crippen LogP contribution in [0, 0.1) is 6.92 Å². The predicted molar refractivity (Wildman–Crippen MR) is 116 cm³/mol. The standard InChI is InChI=1S/C21H24ClN5O2/c1-12-7-8-23-17(9-12)25-18-10-15-16(22)11-27(2)21(29)19(15)20(26-18)24-13-3-5-14(28)6-4-13/h7-11,13-14,28H,3-6H2,1-2H3,(H2,23,24,25,26). The zero-order valence-electron chi connectivity index (χ0n) is 16.4. The highest BCUT2D eigenvalue weighted by Crippen LogP contribution is 2.31. The van der Waals surface area contributed by atoms with E-state index in [1.54, 1.807) is 25.5 Å². The zero-order chi connectivity index (χ0) is 20.5. The highest BCUT2D eigenvalue weighted by molar-refractivity contribution is 6.35. The van der Waals surface area contributed by atoms with E-state index in [2.05, 4.69) is 20.6 Å². The quantitative estimate of drug-likeness (QED) is 0.603. The Morgan fingerprint density at radius 2 is 1.97 bits per heavy atom. The SMILES string of the molecule is Cc1ccnc(Nc2cc3c(Cl)cn(C)c(=O)c3c(NC3CCC(O)CC3)n2)c1. The van der Waals surface area contributed by atoms with Crippen molar-refractivity contribution in [3.8, 4) is 0 Å². The van der Waals surface area contributed by atoms with Crippen molar-refractivity contribution >= 4 is 39.8 Å². The Morgan fingerprint density at radius 3 is 2.69 bits per heavy atom. The number of pyridine rings is 3. The average Bonchev–Trinajstić information content (AvgIpc) is 2.68. The molecule has 3 aromatic heterocycles. The normalized spacial score (nSPS) is 19.3. The van der Waals surface area contributed by atoms with Crippen LogP contribution in [0.25, 0.3) is 10.8 Å². The largest absolute Gasteiger partial charge is 0.393 e. The van der Waals surface area contributed by atoms with E-state index in [1.165, 1.54) is 4.57 Å². The summed E-state index contributed by atoms with van der Waals surface area (Å²) >= 11 is 6.48. The number of fused-ring (bicyclic) bond motifs is 1. The van der Waals surface area contributed by atoms with Crippen molar-refractivity contribution < 1.29 is 5.11 Å². The number of aromatic nitrogens is 3. The molecule has 8 heteroatoms. The first-order chi connectivity index (χ1) is 13.9. The van der Waals surface area contributed by atoms with Crippen LogP contribution in [-0.4, -0.2) is 31.8 Å². The van der Waals surface area contributed by atoms with Crippen LogP contribution < -0.4 is 16.2 Å². The molecule has 0 amide bonds. The molecule has 1 aliphatic rings. The first-order valence-electron chi connectivity index (χ1n) is 9.75. The van der Waals surface area contributed by atoms with Crippen molar-refractivity contribution in [2.75, 3.05) is 10.6 Å². The van der Waals surface area contributed by atoms with Crippen LogP contribution >= 0.6 is 11.6 Å². The van der Waals surface area contributed by atoms with Crippen LogP contribution in [0.5, 0.6) is 0 Å². The van der Waals surface area contributed by atoms with Gasteiger partial charge in [-0.15, -0.1) is 0 Å². The Bertz CT molecular complexity index is 1110. The molecule has 1 aliphatic carbocycles. The van der Waals surface area contributed by atoms with Crippen molar-refractivity contribution in [3.63, 3.8) is 0 Å². The number of hydrogen-bond donors (Lipinski definition) is 3. The molecule has 0 radical (unpaired) electrons. The number of anilines is 3. The van der Waals surface area contributed by atoms with E-state index in [4.69, 9.17) is 11.6 Å². The Morgan fingerprint density at radius 1 is 1.21 bits per heavy atom. The number of nitrogens with one attached hydrogen (secondary N) is 2. The number of rotatable bonds is 4. The Hall–Kier alpha value is -2.64. The highest BCUT2D eigenvalue weighted by atomic mass is 35.5. The predicted octanol–water partition coefficient (Wildman–Crippen LogP) is 3.75. The number of nitrogens with zero attached hydrogens (tertiary/aromatic N) is 3. The van der Waals surface area contributed by atoms with Crippen molar-refractivity contribution in [1.29, 1.82) is 0 Å². The van der Waals surface area contributed by atoms with Gasteiger partial charge in [0, 0.05) is 30.9 Å². The first-order valence-corrected chi connectivity index (χ1v) is 10.1. The Labute approximate surface area is 173 Å². The first kappa shape index (κ1) is 19.7. The van der Waals surface area contributed by atoms with Crippen LogP contribution in [0.2, 0.25) is 5.02 Å². The molecular weight excluding hydrogens is 390 g/mol. The van der Waals surface area contributed by atoms with Crippen LogP contribution in [-0.2, 0) is 7.05 Å². The molecule has 3 N–H and O–H groups in total. The fraction of sp³-hybridized carbons (Fsp3) is 0.381. The summed E-state index contributed by atoms with van der Waals surface area (Å²) in [6.07, 6.45) is 6.21. The third-order valence-corrected chi connectivity index (χ3v) is 5.63. The lowest BCUT2D eigenvalue weighted by Crippen LogP contribution is -2.29. The fourth-order valence-electron chi connectivity index (χ4n) is 3.74. The van der Waals surface area contributed by atoms with Gasteiger partial charge < -0.3 is 20.3 Å². The van der Waals surface area contributed by atoms with Crippen LogP contribution in [0.4, 0.5) is 17.5 Å². The molecule has 0 bridgehead atoms. The van der Waals surface area contributed by atoms with Crippen molar-refractivity contribution in [2.24, 2.45) is 7.05 Å². The maximum absolute atomic E-state index is 12.9. The van der Waals surface area contributed by atoms with E-state index in [-0.39, 0.29) is 17.7 Å². The van der Waals surface area contributed by atoms with E-state index >= 15 is 0 Å². The minimum atomic E-state index is -0.250. The van der Waals surface area contributed by atoms with Gasteiger partial charge in [0.05, 0.1) is 16.5 Å². The number of aliphatic hydroxyl groups is 1. The summed E-state index contributed by atoms with van der Waals surface area (Å²) < 4.78 is 1.47. The van der Waals surface area contributed by atoms with Crippen molar-refractivity contribution in [1.82, 2.24) is 14.5 Å². The second-order valence-corrected chi connectivity index (χ2v) is 8.07. The summed E-state index contributed by atoms with van der Waals surface area (Å²) in [5.74, 6) is 1.73. The van der Waals surface area contributed by atoms with Gasteiger partial charge >= 0.3 is 0 Å². The second kappa shape index (κ2) is 8.00. The maximum atomic E-state index is 12.9. The van der Waals surface area contributed by atoms with Crippen LogP contribution in [0.15, 0.2) is 35.4 Å². The minimum Gasteiger partial charge on any atom is -0.393 e. The maximum Gasteiger partial charge on any atom is 0.262 e. The van der Waals surface area contributed by atoms with Gasteiger partial charge in [-0.05, 0) is 56.4 Å². The Kier molecular flexibility index (Phi) is 5.43. The number of hydrogen-bond acceptors (Lipinski definition) is 6. The fourth-order valence-corrected chi connectivity index (χ4v) is 4.04. The van der Waals surface area contributed by atoms with Gasteiger partial charge in [0.1, 0.15) is 17.5 Å². The van der Waals surface area contributed by atoms with E-state index in [0.717, 1.165) is 31.2 Å². The summed E-state index contributed by atoms with van der Waals surface area (Å²) in [5, 5.41) is 18.0. The monoisotopic (exact) mass is 413 g/mol. The molecule has 0 aromatic carbocycles. The number of aliphatic hydroxyl groups excluding tert-OH is 1. The van der Waals surface area contributed by atoms with Gasteiger partial charge in [-0.25, -0.2) is 9.97 Å². The molecule has 1 fully saturated rings. The minimum absolute atomic E-state index is 0.144. The van der Waals surface area contributed by atoms with E-state index in [0.29, 0.717) is 33.2 Å². The molecule has 0 spiro atoms. The molecule has 4 rings (SSSR count). The van der Waals surface area contributed by atoms with E-state index in [9.17, 15) is 9.90 Å². The smallest absolute Gasteiger partial charge is 0.262 e. The molecule has 152 valence electrons. The summed E-state index contributed by atoms with van der Waals surface area (Å²) in [7, 11) is 1.68. The molecule has 0 saturated heterocycles. The van der Waals surface area contributed by atoms with Gasteiger partial charge in [-0.1, -0.05) is 11.6 Å². The molecule has 0 atom stereocenters. The number of halogens is 1. The summed E-state index contributed by atoms with van der Waals surface area (Å²) in [6, 6.07) is 5.76. The molecule has 3 aromatic rings. The van der Waals surface area contributed by atoms with Crippen LogP contribution in [0.1, 0.15) is 31.2 Å². The van der Waals surface area contributed by atoms with Gasteiger partial charge in [-0.3, -0.25) is 4.79 Å². The average molecular weight is 414 g/mol. The summed E-state index contributed by atoms with van der Waals surface area (Å²) in [5.41, 5.74) is 0.921. The highest BCUT2D eigenvalue weighted by Gasteiger charge is 2.22. The Balaban J connectivity index is 1.78. The lowest BCUT2D eigenvalue weighted by molar-refractivity contribution is 0.126. The summed E-state index contributed by atoms with van der Waals surface area (Å²) in [6.45, 7) is 1.99. The zero-order valence-corrected chi connectivity index (χ0v) is 17.2. The molecule has 29 heavy (non-hydrogen) atoms. The topological polar surface area (TPSA) is 92.1 Å². The number of aryl methyl sites for hydroxylation is 2. The van der Waals surface area contributed by atoms with Gasteiger partial charge in [-0.2, -0.15) is 0 Å². The van der Waals surface area contributed by atoms with Crippen LogP contribution in [0.3, 0.4) is 0 Å². The molecular formula is C21H24ClN5O2. The van der Waals surface area contributed by atoms with Gasteiger partial charge in [0.25, 0.3) is 5.56 Å². The lowest BCUT2D eigenvalue weighted by atomic mass is 9.93. The molecule has 3 heterocycles. The summed E-state index contributed by atoms with van der Waals surface area (Å²) in [4.78, 5) is 21.9. The molecule has 1 saturated carbocycles. The third kappa shape index (κ3) is 4.21. The molecule has 0 aliphatic heterocycles. The van der Waals surface area contributed by atoms with E-state index in [1.807, 2.05) is 19.1 Å². The second-order valence-electron chi connectivity index (χ2n) is 7.66. The third-order valence-electron chi connectivity index (χ3n) is 5.33. The lowest BCUT2D eigenvalue weighted by Gasteiger charge is -2.27. The molecule has 0 unspecified atom stereocenters. The van der Waals surface area contributed by atoms with E-state index < -0.39 is 0 Å². The van der Waals surface area contributed by atoms with Gasteiger partial charge in [0.2, 0.25) is 0 Å². The van der Waals surface area contributed by atoms with Crippen molar-refractivity contribution in [3.05, 3.63) is 51.5 Å².